The second-order valence-corrected chi connectivity index (χ2v) is 6.98. The number of hydrogen-bond donors (Lipinski definition) is 0. The van der Waals surface area contributed by atoms with Crippen LogP contribution in [-0.4, -0.2) is 24.8 Å². The van der Waals surface area contributed by atoms with E-state index in [0.29, 0.717) is 17.9 Å². The molecular weight excluding hydrogens is 240 g/mol. The molecule has 1 aliphatic heterocycles. The van der Waals surface area contributed by atoms with Crippen molar-refractivity contribution < 1.29 is 14.3 Å². The minimum Gasteiger partial charge on any atom is -0.469 e. The van der Waals surface area contributed by atoms with Crippen molar-refractivity contribution in [1.29, 1.82) is 0 Å². The predicted molar refractivity (Wildman–Crippen MR) is 72.6 cm³/mol. The highest BCUT2D eigenvalue weighted by molar-refractivity contribution is 5.78. The first-order chi connectivity index (χ1) is 8.90. The lowest BCUT2D eigenvalue weighted by Crippen LogP contribution is -2.52. The van der Waals surface area contributed by atoms with E-state index in [0.717, 1.165) is 32.1 Å². The summed E-state index contributed by atoms with van der Waals surface area (Å²) in [4.78, 5) is 12.1. The number of hydrogen-bond acceptors (Lipinski definition) is 3. The van der Waals surface area contributed by atoms with E-state index in [9.17, 15) is 4.79 Å². The number of esters is 1. The molecule has 0 amide bonds. The Hall–Kier alpha value is -0.830. The zero-order valence-electron chi connectivity index (χ0n) is 12.2. The van der Waals surface area contributed by atoms with Crippen molar-refractivity contribution in [3.05, 3.63) is 12.2 Å². The fourth-order valence-corrected chi connectivity index (χ4v) is 4.27. The minimum atomic E-state index is -0.312. The van der Waals surface area contributed by atoms with Crippen molar-refractivity contribution in [2.75, 3.05) is 7.11 Å². The quantitative estimate of drug-likeness (QED) is 0.415. The molecule has 106 valence electrons. The van der Waals surface area contributed by atoms with Crippen molar-refractivity contribution in [3.63, 3.8) is 0 Å². The molecule has 2 saturated carbocycles. The van der Waals surface area contributed by atoms with E-state index in [2.05, 4.69) is 20.4 Å². The van der Waals surface area contributed by atoms with Crippen molar-refractivity contribution in [2.24, 2.45) is 17.3 Å². The van der Waals surface area contributed by atoms with Gasteiger partial charge in [0.15, 0.2) is 0 Å². The summed E-state index contributed by atoms with van der Waals surface area (Å²) < 4.78 is 10.8. The summed E-state index contributed by atoms with van der Waals surface area (Å²) in [7, 11) is 1.49. The van der Waals surface area contributed by atoms with Gasteiger partial charge in [-0.1, -0.05) is 12.2 Å². The van der Waals surface area contributed by atoms with Crippen LogP contribution in [0.5, 0.6) is 0 Å². The van der Waals surface area contributed by atoms with Crippen molar-refractivity contribution in [1.82, 2.24) is 0 Å². The lowest BCUT2D eigenvalue weighted by molar-refractivity contribution is -0.168. The summed E-state index contributed by atoms with van der Waals surface area (Å²) in [5, 5.41) is 0. The molecule has 0 spiro atoms. The lowest BCUT2D eigenvalue weighted by Gasteiger charge is -2.52. The van der Waals surface area contributed by atoms with E-state index in [1.165, 1.54) is 12.7 Å². The third-order valence-electron chi connectivity index (χ3n) is 5.84. The smallest absolute Gasteiger partial charge is 0.311 e. The number of ether oxygens (including phenoxy) is 2. The molecule has 3 fully saturated rings. The molecule has 3 aliphatic rings. The van der Waals surface area contributed by atoms with Crippen LogP contribution in [0.1, 0.15) is 46.0 Å². The Balaban J connectivity index is 1.80. The van der Waals surface area contributed by atoms with E-state index in [4.69, 9.17) is 9.47 Å². The molecule has 3 rings (SSSR count). The summed E-state index contributed by atoms with van der Waals surface area (Å²) in [6.45, 7) is 8.52. The predicted octanol–water partition coefficient (Wildman–Crippen LogP) is 3.09. The van der Waals surface area contributed by atoms with Crippen molar-refractivity contribution in [3.8, 4) is 0 Å². The van der Waals surface area contributed by atoms with E-state index in [1.807, 2.05) is 0 Å². The molecule has 0 unspecified atom stereocenters. The first-order valence-electron chi connectivity index (χ1n) is 7.34. The SMILES string of the molecule is C=C1CC[C@H]2O[C@]2(C)CC[C@H]2[C@@H]1C[C@@]2(C)C(=O)OC. The van der Waals surface area contributed by atoms with Crippen LogP contribution >= 0.6 is 0 Å². The molecular formula is C16H24O3. The molecule has 3 nitrogen and oxygen atoms in total. The van der Waals surface area contributed by atoms with Crippen LogP contribution in [0.25, 0.3) is 0 Å². The molecule has 19 heavy (non-hydrogen) atoms. The molecule has 0 aromatic rings. The van der Waals surface area contributed by atoms with Gasteiger partial charge in [0.2, 0.25) is 0 Å². The summed E-state index contributed by atoms with van der Waals surface area (Å²) in [5.41, 5.74) is 1.06. The first kappa shape index (κ1) is 13.2. The Morgan fingerprint density at radius 2 is 2.16 bits per heavy atom. The minimum absolute atomic E-state index is 0.0563. The Labute approximate surface area is 115 Å². The van der Waals surface area contributed by atoms with Gasteiger partial charge in [0.1, 0.15) is 0 Å². The average molecular weight is 264 g/mol. The van der Waals surface area contributed by atoms with Crippen LogP contribution in [-0.2, 0) is 14.3 Å². The van der Waals surface area contributed by atoms with E-state index < -0.39 is 0 Å². The maximum atomic E-state index is 12.1. The third-order valence-corrected chi connectivity index (χ3v) is 5.84. The summed E-state index contributed by atoms with van der Waals surface area (Å²) >= 11 is 0. The molecule has 0 aromatic heterocycles. The number of rotatable bonds is 1. The third kappa shape index (κ3) is 1.85. The number of epoxide rings is 1. The summed E-state index contributed by atoms with van der Waals surface area (Å²) in [6.07, 6.45) is 5.55. The number of carbonyl (C=O) groups is 1. The molecule has 1 heterocycles. The zero-order chi connectivity index (χ0) is 13.8. The van der Waals surface area contributed by atoms with Crippen LogP contribution in [0.15, 0.2) is 12.2 Å². The molecule has 0 N–H and O–H groups in total. The fourth-order valence-electron chi connectivity index (χ4n) is 4.27. The molecule has 0 aromatic carbocycles. The van der Waals surface area contributed by atoms with Crippen LogP contribution in [0.3, 0.4) is 0 Å². The largest absolute Gasteiger partial charge is 0.469 e. The van der Waals surface area contributed by atoms with Crippen LogP contribution in [0, 0.1) is 17.3 Å². The van der Waals surface area contributed by atoms with Crippen LogP contribution < -0.4 is 0 Å². The fraction of sp³-hybridized carbons (Fsp3) is 0.812. The highest BCUT2D eigenvalue weighted by Gasteiger charge is 2.60. The van der Waals surface area contributed by atoms with Crippen LogP contribution in [0.4, 0.5) is 0 Å². The lowest BCUT2D eigenvalue weighted by atomic mass is 9.51. The highest BCUT2D eigenvalue weighted by Crippen LogP contribution is 2.59. The Morgan fingerprint density at radius 3 is 2.84 bits per heavy atom. The average Bonchev–Trinajstić information content (AvgIpc) is 3.01. The number of methoxy groups -OCH3 is 1. The Morgan fingerprint density at radius 1 is 1.42 bits per heavy atom. The summed E-state index contributed by atoms with van der Waals surface area (Å²) in [5.74, 6) is 0.830. The molecule has 0 bridgehead atoms. The van der Waals surface area contributed by atoms with Gasteiger partial charge in [-0.25, -0.2) is 0 Å². The van der Waals surface area contributed by atoms with Gasteiger partial charge < -0.3 is 9.47 Å². The van der Waals surface area contributed by atoms with Gasteiger partial charge in [0, 0.05) is 0 Å². The molecule has 1 saturated heterocycles. The van der Waals surface area contributed by atoms with Gasteiger partial charge in [-0.3, -0.25) is 4.79 Å². The van der Waals surface area contributed by atoms with Crippen molar-refractivity contribution in [2.45, 2.75) is 57.7 Å². The monoisotopic (exact) mass is 264 g/mol. The second-order valence-electron chi connectivity index (χ2n) is 6.98. The van der Waals surface area contributed by atoms with E-state index >= 15 is 0 Å². The van der Waals surface area contributed by atoms with E-state index in [-0.39, 0.29) is 17.0 Å². The van der Waals surface area contributed by atoms with Gasteiger partial charge in [-0.2, -0.15) is 0 Å². The topological polar surface area (TPSA) is 38.8 Å². The first-order valence-corrected chi connectivity index (χ1v) is 7.34. The Bertz CT molecular complexity index is 430. The summed E-state index contributed by atoms with van der Waals surface area (Å²) in [6, 6.07) is 0. The van der Waals surface area contributed by atoms with Crippen molar-refractivity contribution >= 4 is 5.97 Å². The molecule has 5 atom stereocenters. The maximum absolute atomic E-state index is 12.1. The maximum Gasteiger partial charge on any atom is 0.311 e. The zero-order valence-corrected chi connectivity index (χ0v) is 12.2. The standard InChI is InChI=1S/C16H24O3/c1-10-5-6-13-16(3,19-13)8-7-12-11(10)9-15(12,2)14(17)18-4/h11-13H,1,5-9H2,2-4H3/t11-,12+,13-,15-,16-/m1/s1. The van der Waals surface area contributed by atoms with Gasteiger partial charge in [-0.05, 0) is 57.8 Å². The van der Waals surface area contributed by atoms with Gasteiger partial charge in [0.25, 0.3) is 0 Å². The Kier molecular flexibility index (Phi) is 2.83. The normalized spacial score (nSPS) is 48.8. The van der Waals surface area contributed by atoms with Crippen LogP contribution in [0.2, 0.25) is 0 Å². The van der Waals surface area contributed by atoms with Gasteiger partial charge >= 0.3 is 5.97 Å². The molecule has 3 heteroatoms. The second kappa shape index (κ2) is 4.08. The molecule has 2 aliphatic carbocycles. The number of allylic oxidation sites excluding steroid dienone is 1. The van der Waals surface area contributed by atoms with E-state index in [1.54, 1.807) is 0 Å². The van der Waals surface area contributed by atoms with Gasteiger partial charge in [-0.15, -0.1) is 0 Å². The van der Waals surface area contributed by atoms with Gasteiger partial charge in [0.05, 0.1) is 24.2 Å². The molecule has 0 radical (unpaired) electrons. The number of carbonyl (C=O) groups excluding carboxylic acids is 1. The highest BCUT2D eigenvalue weighted by atomic mass is 16.6. The number of fused-ring (bicyclic) bond motifs is 2.